The van der Waals surface area contributed by atoms with Crippen LogP contribution in [0.15, 0.2) is 108 Å². The first-order valence-corrected chi connectivity index (χ1v) is 11.4. The number of nitro groups is 1. The number of pyridine rings is 2. The number of rotatable bonds is 3. The van der Waals surface area contributed by atoms with Crippen molar-refractivity contribution < 1.29 is 4.92 Å². The van der Waals surface area contributed by atoms with Crippen LogP contribution < -0.4 is 5.56 Å². The Hall–Kier alpha value is -4.77. The minimum absolute atomic E-state index is 0.0434. The maximum atomic E-state index is 14.1. The van der Waals surface area contributed by atoms with Crippen molar-refractivity contribution in [3.8, 4) is 22.4 Å². The van der Waals surface area contributed by atoms with E-state index in [9.17, 15) is 14.9 Å². The van der Waals surface area contributed by atoms with Gasteiger partial charge in [0.1, 0.15) is 0 Å². The van der Waals surface area contributed by atoms with Crippen LogP contribution in [0, 0.1) is 17.0 Å². The largest absolute Gasteiger partial charge is 0.275 e. The number of aryl methyl sites for hydroxylation is 1. The monoisotopic (exact) mass is 456 g/mol. The van der Waals surface area contributed by atoms with Crippen LogP contribution in [0.25, 0.3) is 49.4 Å². The Morgan fingerprint density at radius 3 is 1.94 bits per heavy atom. The number of nitrogens with zero attached hydrogens (tertiary/aromatic N) is 2. The van der Waals surface area contributed by atoms with Gasteiger partial charge >= 0.3 is 0 Å². The highest BCUT2D eigenvalue weighted by atomic mass is 16.6. The quantitative estimate of drug-likeness (QED) is 0.123. The zero-order valence-corrected chi connectivity index (χ0v) is 18.9. The fourth-order valence-corrected chi connectivity index (χ4v) is 5.12. The first-order chi connectivity index (χ1) is 17.1. The summed E-state index contributed by atoms with van der Waals surface area (Å²) in [6.07, 6.45) is 0. The van der Waals surface area contributed by atoms with Crippen molar-refractivity contribution in [2.75, 3.05) is 0 Å². The molecule has 168 valence electrons. The minimum Gasteiger partial charge on any atom is -0.275 e. The van der Waals surface area contributed by atoms with Crippen LogP contribution in [0.2, 0.25) is 0 Å². The highest BCUT2D eigenvalue weighted by Crippen LogP contribution is 2.40. The van der Waals surface area contributed by atoms with Crippen molar-refractivity contribution in [1.29, 1.82) is 0 Å². The topological polar surface area (TPSA) is 64.6 Å². The Morgan fingerprint density at radius 2 is 1.29 bits per heavy atom. The molecule has 0 aliphatic rings. The number of benzene rings is 4. The van der Waals surface area contributed by atoms with E-state index in [1.54, 1.807) is 10.5 Å². The lowest BCUT2D eigenvalue weighted by Crippen LogP contribution is -2.18. The molecule has 0 atom stereocenters. The summed E-state index contributed by atoms with van der Waals surface area (Å²) in [6, 6.07) is 32.2. The summed E-state index contributed by atoms with van der Waals surface area (Å²) in [5.41, 5.74) is 4.96. The van der Waals surface area contributed by atoms with Gasteiger partial charge in [-0.1, -0.05) is 84.9 Å². The molecule has 0 unspecified atom stereocenters. The van der Waals surface area contributed by atoms with Crippen molar-refractivity contribution in [2.24, 2.45) is 0 Å². The molecule has 0 N–H and O–H groups in total. The average Bonchev–Trinajstić information content (AvgIpc) is 2.90. The molecule has 5 nitrogen and oxygen atoms in total. The molecule has 6 rings (SSSR count). The first-order valence-electron chi connectivity index (χ1n) is 11.4. The molecule has 0 aliphatic carbocycles. The normalized spacial score (nSPS) is 11.3. The van der Waals surface area contributed by atoms with Gasteiger partial charge in [0.15, 0.2) is 0 Å². The molecule has 5 heteroatoms. The van der Waals surface area contributed by atoms with Gasteiger partial charge in [0, 0.05) is 33.9 Å². The summed E-state index contributed by atoms with van der Waals surface area (Å²) in [5.74, 6) is 0. The lowest BCUT2D eigenvalue weighted by Gasteiger charge is -2.21. The van der Waals surface area contributed by atoms with E-state index in [4.69, 9.17) is 0 Å². The van der Waals surface area contributed by atoms with Gasteiger partial charge in [0.2, 0.25) is 0 Å². The van der Waals surface area contributed by atoms with E-state index in [1.807, 2.05) is 85.8 Å². The van der Waals surface area contributed by atoms with Crippen LogP contribution in [0.3, 0.4) is 0 Å². The molecule has 0 fully saturated rings. The second kappa shape index (κ2) is 7.92. The predicted molar refractivity (Wildman–Crippen MR) is 141 cm³/mol. The van der Waals surface area contributed by atoms with Crippen LogP contribution in [0.1, 0.15) is 5.56 Å². The molecule has 0 saturated carbocycles. The van der Waals surface area contributed by atoms with Crippen LogP contribution >= 0.6 is 0 Å². The van der Waals surface area contributed by atoms with E-state index in [1.165, 1.54) is 12.1 Å². The molecule has 6 aromatic rings. The Labute approximate surface area is 200 Å². The van der Waals surface area contributed by atoms with Gasteiger partial charge in [-0.3, -0.25) is 19.3 Å². The number of non-ortho nitro benzene ring substituents is 1. The zero-order valence-electron chi connectivity index (χ0n) is 18.9. The van der Waals surface area contributed by atoms with Gasteiger partial charge in [0.25, 0.3) is 11.2 Å². The van der Waals surface area contributed by atoms with E-state index in [2.05, 4.69) is 6.07 Å². The summed E-state index contributed by atoms with van der Waals surface area (Å²) in [7, 11) is 0. The number of hydrogen-bond acceptors (Lipinski definition) is 3. The first kappa shape index (κ1) is 20.8. The highest BCUT2D eigenvalue weighted by Gasteiger charge is 2.22. The van der Waals surface area contributed by atoms with Gasteiger partial charge in [-0.2, -0.15) is 0 Å². The Balaban J connectivity index is 1.98. The summed E-state index contributed by atoms with van der Waals surface area (Å²) in [5, 5.41) is 14.6. The SMILES string of the molecule is Cc1c(-c2ccccc2)n2c(=O)c3ccc([N+](=O)[O-])cc3c(-c3ccccc3)c2c2ccccc12. The summed E-state index contributed by atoms with van der Waals surface area (Å²) in [6.45, 7) is 2.04. The Kier molecular flexibility index (Phi) is 4.71. The fourth-order valence-electron chi connectivity index (χ4n) is 5.12. The van der Waals surface area contributed by atoms with Gasteiger partial charge < -0.3 is 0 Å². The van der Waals surface area contributed by atoms with Gasteiger partial charge in [-0.15, -0.1) is 0 Å². The molecule has 4 aromatic carbocycles. The standard InChI is InChI=1S/C30H20N2O3/c1-19-23-14-8-9-15-24(23)29-27(20-10-4-2-5-11-20)26-18-22(32(34)35)16-17-25(26)30(33)31(29)28(19)21-12-6-3-7-13-21/h2-18H,1H3. The molecular weight excluding hydrogens is 436 g/mol. The summed E-state index contributed by atoms with van der Waals surface area (Å²) < 4.78 is 1.80. The third-order valence-electron chi connectivity index (χ3n) is 6.65. The van der Waals surface area contributed by atoms with Crippen molar-refractivity contribution in [1.82, 2.24) is 4.40 Å². The zero-order chi connectivity index (χ0) is 24.1. The molecule has 0 spiro atoms. The molecular formula is C30H20N2O3. The fraction of sp³-hybridized carbons (Fsp3) is 0.0333. The summed E-state index contributed by atoms with van der Waals surface area (Å²) in [4.78, 5) is 25.4. The summed E-state index contributed by atoms with van der Waals surface area (Å²) >= 11 is 0. The molecule has 0 saturated heterocycles. The van der Waals surface area contributed by atoms with E-state index in [0.29, 0.717) is 10.8 Å². The van der Waals surface area contributed by atoms with E-state index < -0.39 is 4.92 Å². The van der Waals surface area contributed by atoms with E-state index >= 15 is 0 Å². The van der Waals surface area contributed by atoms with Crippen LogP contribution in [-0.2, 0) is 0 Å². The predicted octanol–water partition coefficient (Wildman–Crippen LogP) is 7.16. The lowest BCUT2D eigenvalue weighted by atomic mass is 9.92. The Morgan fingerprint density at radius 1 is 0.686 bits per heavy atom. The van der Waals surface area contributed by atoms with Crippen LogP contribution in [0.5, 0.6) is 0 Å². The minimum atomic E-state index is -0.418. The third kappa shape index (κ3) is 3.13. The molecule has 0 amide bonds. The Bertz CT molecular complexity index is 1840. The van der Waals surface area contributed by atoms with Crippen molar-refractivity contribution in [3.05, 3.63) is 129 Å². The average molecular weight is 457 g/mol. The van der Waals surface area contributed by atoms with Gasteiger partial charge in [-0.05, 0) is 35.1 Å². The van der Waals surface area contributed by atoms with Crippen molar-refractivity contribution in [3.63, 3.8) is 0 Å². The van der Waals surface area contributed by atoms with E-state index in [-0.39, 0.29) is 11.2 Å². The molecule has 2 aromatic heterocycles. The number of hydrogen-bond donors (Lipinski definition) is 0. The second-order valence-corrected chi connectivity index (χ2v) is 8.60. The second-order valence-electron chi connectivity index (χ2n) is 8.60. The molecule has 0 aliphatic heterocycles. The molecule has 0 bridgehead atoms. The number of nitro benzene ring substituents is 1. The number of fused-ring (bicyclic) bond motifs is 4. The van der Waals surface area contributed by atoms with E-state index in [0.717, 1.165) is 44.2 Å². The van der Waals surface area contributed by atoms with Crippen molar-refractivity contribution >= 4 is 32.7 Å². The van der Waals surface area contributed by atoms with Gasteiger partial charge in [0.05, 0.1) is 16.1 Å². The molecule has 2 heterocycles. The van der Waals surface area contributed by atoms with Crippen molar-refractivity contribution in [2.45, 2.75) is 6.92 Å². The molecule has 0 radical (unpaired) electrons. The van der Waals surface area contributed by atoms with Crippen LogP contribution in [0.4, 0.5) is 5.69 Å². The maximum Gasteiger partial charge on any atom is 0.270 e. The van der Waals surface area contributed by atoms with Crippen LogP contribution in [-0.4, -0.2) is 9.32 Å². The maximum absolute atomic E-state index is 14.1. The smallest absolute Gasteiger partial charge is 0.270 e. The van der Waals surface area contributed by atoms with Gasteiger partial charge in [-0.25, -0.2) is 0 Å². The third-order valence-corrected chi connectivity index (χ3v) is 6.65. The highest BCUT2D eigenvalue weighted by molar-refractivity contribution is 6.14. The number of aromatic nitrogens is 1. The lowest BCUT2D eigenvalue weighted by molar-refractivity contribution is -0.384. The molecule has 35 heavy (non-hydrogen) atoms.